The molecular weight excluding hydrogens is 643 g/mol. The van der Waals surface area contributed by atoms with Crippen LogP contribution in [0.4, 0.5) is 0 Å². The van der Waals surface area contributed by atoms with E-state index in [-0.39, 0.29) is 24.8 Å². The van der Waals surface area contributed by atoms with Crippen LogP contribution in [-0.4, -0.2) is 0 Å². The molecule has 3 aliphatic rings. The molecule has 4 aromatic rings. The van der Waals surface area contributed by atoms with Gasteiger partial charge in [0.1, 0.15) is 0 Å². The second kappa shape index (κ2) is 11.6. The molecule has 0 amide bonds. The second-order valence-electron chi connectivity index (χ2n) is 13.6. The van der Waals surface area contributed by atoms with Gasteiger partial charge in [-0.1, -0.05) is 0 Å². The van der Waals surface area contributed by atoms with Gasteiger partial charge < -0.3 is 24.8 Å². The monoisotopic (exact) mass is 682 g/mol. The Labute approximate surface area is 275 Å². The number of fused-ring (bicyclic) bond motifs is 2. The summed E-state index contributed by atoms with van der Waals surface area (Å²) in [6.45, 7) is 18.6. The minimum absolute atomic E-state index is 0. The van der Waals surface area contributed by atoms with E-state index >= 15 is 0 Å². The topological polar surface area (TPSA) is 0 Å². The van der Waals surface area contributed by atoms with Crippen molar-refractivity contribution in [2.45, 2.75) is 70.9 Å². The van der Waals surface area contributed by atoms with Crippen LogP contribution in [0.1, 0.15) is 76.7 Å². The summed E-state index contributed by atoms with van der Waals surface area (Å²) in [6.07, 6.45) is 5.18. The predicted octanol–water partition coefficient (Wildman–Crippen LogP) is 5.50. The van der Waals surface area contributed by atoms with Crippen molar-refractivity contribution < 1.29 is 45.1 Å². The van der Waals surface area contributed by atoms with Crippen LogP contribution in [0.2, 0.25) is 8.26 Å². The number of aryl methyl sites for hydroxylation is 6. The molecule has 4 aromatic carbocycles. The maximum atomic E-state index is 2.59. The molecule has 0 N–H and O–H groups in total. The van der Waals surface area contributed by atoms with Crippen molar-refractivity contribution in [3.8, 4) is 22.3 Å². The first-order valence-corrected chi connectivity index (χ1v) is 21.7. The third kappa shape index (κ3) is 5.18. The molecule has 43 heavy (non-hydrogen) atoms. The Hall–Kier alpha value is -2.18. The second-order valence-corrected chi connectivity index (χ2v) is 25.0. The number of halogens is 2. The van der Waals surface area contributed by atoms with E-state index in [0.717, 1.165) is 0 Å². The Bertz CT molecular complexity index is 1660. The summed E-state index contributed by atoms with van der Waals surface area (Å²) >= 11 is -2.71. The van der Waals surface area contributed by atoms with Crippen molar-refractivity contribution in [3.63, 3.8) is 0 Å². The van der Waals surface area contributed by atoms with E-state index in [9.17, 15) is 0 Å². The largest absolute Gasteiger partial charge is 1.00 e. The maximum Gasteiger partial charge on any atom is -1.00 e. The summed E-state index contributed by atoms with van der Waals surface area (Å²) in [6, 6.07) is 23.7. The van der Waals surface area contributed by atoms with Gasteiger partial charge in [-0.2, -0.15) is 0 Å². The van der Waals surface area contributed by atoms with Crippen molar-refractivity contribution in [1.29, 1.82) is 0 Å². The van der Waals surface area contributed by atoms with Crippen LogP contribution in [0, 0.1) is 41.5 Å². The number of allylic oxidation sites excluding steroid dienone is 2. The quantitative estimate of drug-likeness (QED) is 0.267. The van der Waals surface area contributed by atoms with Crippen molar-refractivity contribution in [2.24, 2.45) is 0 Å². The Balaban J connectivity index is 0.00000184. The normalized spacial score (nSPS) is 18.3. The van der Waals surface area contributed by atoms with Gasteiger partial charge in [0.05, 0.1) is 0 Å². The van der Waals surface area contributed by atoms with Gasteiger partial charge in [0.2, 0.25) is 0 Å². The number of hydrogen-bond donors (Lipinski definition) is 0. The van der Waals surface area contributed by atoms with Crippen molar-refractivity contribution in [2.75, 3.05) is 0 Å². The van der Waals surface area contributed by atoms with Crippen LogP contribution in [0.3, 0.4) is 0 Å². The molecule has 1 heterocycles. The van der Waals surface area contributed by atoms with Crippen LogP contribution in [-0.2, 0) is 20.3 Å². The van der Waals surface area contributed by atoms with Crippen molar-refractivity contribution in [1.82, 2.24) is 0 Å². The summed E-state index contributed by atoms with van der Waals surface area (Å²) in [5.74, 6) is 0. The van der Waals surface area contributed by atoms with Gasteiger partial charge in [-0.05, 0) is 0 Å². The summed E-state index contributed by atoms with van der Waals surface area (Å²) < 4.78 is 4.35. The fourth-order valence-corrected chi connectivity index (χ4v) is 26.9. The maximum absolute atomic E-state index is 2.71. The van der Waals surface area contributed by atoms with E-state index in [1.807, 2.05) is 0 Å². The van der Waals surface area contributed by atoms with E-state index in [4.69, 9.17) is 0 Å². The molecule has 1 fully saturated rings. The summed E-state index contributed by atoms with van der Waals surface area (Å²) in [5.41, 5.74) is 23.6. The molecule has 1 saturated heterocycles. The number of rotatable bonds is 4. The molecule has 0 saturated carbocycles. The summed E-state index contributed by atoms with van der Waals surface area (Å²) in [4.78, 5) is 0. The Kier molecular flexibility index (Phi) is 8.72. The fourth-order valence-electron chi connectivity index (χ4n) is 8.78. The molecule has 0 bridgehead atoms. The Morgan fingerprint density at radius 1 is 0.488 bits per heavy atom. The zero-order valence-corrected chi connectivity index (χ0v) is 30.7. The third-order valence-electron chi connectivity index (χ3n) is 10.3. The molecule has 1 aliphatic heterocycles. The molecule has 7 rings (SSSR count). The van der Waals surface area contributed by atoms with Gasteiger partial charge in [-0.25, -0.2) is 0 Å². The van der Waals surface area contributed by atoms with Gasteiger partial charge in [-0.3, -0.25) is 0 Å². The van der Waals surface area contributed by atoms with Crippen LogP contribution < -0.4 is 24.8 Å². The Morgan fingerprint density at radius 2 is 0.837 bits per heavy atom. The molecular formula is C40H42Cl2Zr. The number of benzene rings is 4. The SMILES string of the molecule is CC1=Cc2c(-c3cc(C)cc(C)c3)ccc(C)c2[CH]1[Zr+2]1([CH]2C(C)=Cc3c(-c4cc(C)cc(C)c4)ccc(C)c32)[CH2][CH2]1.[Cl-].[Cl-]. The first kappa shape index (κ1) is 32.2. The average Bonchev–Trinajstić information content (AvgIpc) is 3.46. The van der Waals surface area contributed by atoms with E-state index in [2.05, 4.69) is 128 Å². The first-order chi connectivity index (χ1) is 19.6. The van der Waals surface area contributed by atoms with E-state index in [0.29, 0.717) is 7.25 Å². The molecule has 220 valence electrons. The third-order valence-corrected chi connectivity index (χ3v) is 23.7. The average molecular weight is 685 g/mol. The predicted molar refractivity (Wildman–Crippen MR) is 175 cm³/mol. The minimum atomic E-state index is -2.71. The van der Waals surface area contributed by atoms with Crippen LogP contribution >= 0.6 is 0 Å². The van der Waals surface area contributed by atoms with Gasteiger partial charge in [0.15, 0.2) is 0 Å². The fraction of sp³-hybridized carbons (Fsp3) is 0.300. The van der Waals surface area contributed by atoms with E-state index < -0.39 is 20.3 Å². The van der Waals surface area contributed by atoms with Crippen LogP contribution in [0.5, 0.6) is 0 Å². The molecule has 2 aliphatic carbocycles. The van der Waals surface area contributed by atoms with Gasteiger partial charge in [0.25, 0.3) is 0 Å². The molecule has 0 aromatic heterocycles. The molecule has 2 atom stereocenters. The van der Waals surface area contributed by atoms with Crippen LogP contribution in [0.25, 0.3) is 34.4 Å². The molecule has 0 spiro atoms. The van der Waals surface area contributed by atoms with Gasteiger partial charge >= 0.3 is 253 Å². The first-order valence-electron chi connectivity index (χ1n) is 15.4. The zero-order chi connectivity index (χ0) is 28.8. The molecule has 2 unspecified atom stereocenters. The zero-order valence-electron chi connectivity index (χ0n) is 26.8. The standard InChI is InChI=1S/2C19H19.C2H4.2ClH.Zr/c2*1-12-7-13(2)9-16(8-12)17-6-5-15(4)18-10-14(3)11-19(17)18;1-2;;;/h2*5-11H,1-4H3;1-2H2;2*1H;/q;;;;;+2/p-2. The van der Waals surface area contributed by atoms with Crippen molar-refractivity contribution >= 4 is 12.2 Å². The number of hydrogen-bond acceptors (Lipinski definition) is 0. The van der Waals surface area contributed by atoms with E-state index in [1.165, 1.54) is 75.0 Å². The molecule has 0 radical (unpaired) electrons. The van der Waals surface area contributed by atoms with Gasteiger partial charge in [0, 0.05) is 0 Å². The minimum Gasteiger partial charge on any atom is -1.00 e. The molecule has 0 nitrogen and oxygen atoms in total. The van der Waals surface area contributed by atoms with E-state index in [1.54, 1.807) is 22.3 Å². The Morgan fingerprint density at radius 3 is 1.16 bits per heavy atom. The van der Waals surface area contributed by atoms with Crippen molar-refractivity contribution in [3.05, 3.63) is 127 Å². The summed E-state index contributed by atoms with van der Waals surface area (Å²) in [5, 5.41) is 0. The molecule has 3 heteroatoms. The summed E-state index contributed by atoms with van der Waals surface area (Å²) in [7, 11) is 0. The van der Waals surface area contributed by atoms with Gasteiger partial charge in [-0.15, -0.1) is 0 Å². The smallest absolute Gasteiger partial charge is 1.00 e. The van der Waals surface area contributed by atoms with Crippen LogP contribution in [0.15, 0.2) is 71.8 Å².